The van der Waals surface area contributed by atoms with Gasteiger partial charge in [-0.25, -0.2) is 4.79 Å². The van der Waals surface area contributed by atoms with Gasteiger partial charge in [0.05, 0.1) is 13.7 Å². The summed E-state index contributed by atoms with van der Waals surface area (Å²) in [6, 6.07) is 0.311. The van der Waals surface area contributed by atoms with Gasteiger partial charge in [0.25, 0.3) is 0 Å². The Hall–Kier alpha value is -1.30. The van der Waals surface area contributed by atoms with E-state index in [0.29, 0.717) is 19.1 Å². The summed E-state index contributed by atoms with van der Waals surface area (Å²) >= 11 is 0. The Morgan fingerprint density at radius 1 is 1.13 bits per heavy atom. The van der Waals surface area contributed by atoms with Crippen LogP contribution in [0.25, 0.3) is 0 Å². The average Bonchev–Trinajstić information content (AvgIpc) is 2.46. The third-order valence-electron chi connectivity index (χ3n) is 3.60. The summed E-state index contributed by atoms with van der Waals surface area (Å²) in [6.07, 6.45) is 2.68. The highest BCUT2D eigenvalue weighted by Crippen LogP contribution is 2.12. The van der Waals surface area contributed by atoms with E-state index >= 15 is 0 Å². The van der Waals surface area contributed by atoms with Crippen molar-refractivity contribution in [3.63, 3.8) is 0 Å². The normalized spacial score (nSPS) is 12.9. The van der Waals surface area contributed by atoms with Crippen LogP contribution in [0.15, 0.2) is 0 Å². The van der Waals surface area contributed by atoms with Crippen LogP contribution in [0.1, 0.15) is 53.9 Å². The van der Waals surface area contributed by atoms with Crippen LogP contribution in [0, 0.1) is 0 Å². The summed E-state index contributed by atoms with van der Waals surface area (Å²) < 4.78 is 10.1. The van der Waals surface area contributed by atoms with E-state index in [1.165, 1.54) is 7.11 Å². The van der Waals surface area contributed by atoms with Crippen molar-refractivity contribution in [3.8, 4) is 0 Å². The molecule has 0 saturated carbocycles. The lowest BCUT2D eigenvalue weighted by Crippen LogP contribution is -2.45. The summed E-state index contributed by atoms with van der Waals surface area (Å²) in [6.45, 7) is 11.1. The van der Waals surface area contributed by atoms with Crippen molar-refractivity contribution < 1.29 is 19.1 Å². The topological polar surface area (TPSA) is 59.1 Å². The van der Waals surface area contributed by atoms with E-state index in [4.69, 9.17) is 9.47 Å². The third kappa shape index (κ3) is 9.43. The van der Waals surface area contributed by atoms with Crippen molar-refractivity contribution >= 4 is 12.1 Å². The molecule has 0 aromatic heterocycles. The molecule has 0 rings (SSSR count). The second kappa shape index (κ2) is 10.5. The Morgan fingerprint density at radius 3 is 2.17 bits per heavy atom. The highest BCUT2D eigenvalue weighted by molar-refractivity contribution is 5.71. The van der Waals surface area contributed by atoms with E-state index in [0.717, 1.165) is 19.3 Å². The molecule has 0 spiro atoms. The molecule has 6 nitrogen and oxygen atoms in total. The van der Waals surface area contributed by atoms with Crippen molar-refractivity contribution in [1.82, 2.24) is 9.80 Å². The maximum Gasteiger partial charge on any atom is 0.410 e. The fourth-order valence-electron chi connectivity index (χ4n) is 2.31. The van der Waals surface area contributed by atoms with Gasteiger partial charge in [0.2, 0.25) is 0 Å². The molecule has 0 aliphatic heterocycles. The fourth-order valence-corrected chi connectivity index (χ4v) is 2.31. The van der Waals surface area contributed by atoms with E-state index in [1.54, 1.807) is 11.9 Å². The van der Waals surface area contributed by atoms with Crippen LogP contribution in [-0.2, 0) is 14.3 Å². The van der Waals surface area contributed by atoms with E-state index in [-0.39, 0.29) is 18.6 Å². The van der Waals surface area contributed by atoms with Gasteiger partial charge in [0, 0.05) is 26.2 Å². The van der Waals surface area contributed by atoms with Gasteiger partial charge in [-0.05, 0) is 33.6 Å². The maximum absolute atomic E-state index is 12.0. The first-order valence-corrected chi connectivity index (χ1v) is 8.39. The number of nitrogens with zero attached hydrogens (tertiary/aromatic N) is 2. The number of carbonyl (C=O) groups excluding carboxylic acids is 2. The Balaban J connectivity index is 4.69. The number of carbonyl (C=O) groups is 2. The SMILES string of the molecule is CCC[C@@H](CC)N(CCN(C)C(=O)OC(C)(C)C)CC(=O)OC. The van der Waals surface area contributed by atoms with E-state index in [1.807, 2.05) is 20.8 Å². The van der Waals surface area contributed by atoms with E-state index in [2.05, 4.69) is 18.7 Å². The molecule has 1 atom stereocenters. The second-order valence-corrected chi connectivity index (χ2v) is 6.80. The van der Waals surface area contributed by atoms with Gasteiger partial charge in [-0.15, -0.1) is 0 Å². The highest BCUT2D eigenvalue weighted by Gasteiger charge is 2.23. The predicted molar refractivity (Wildman–Crippen MR) is 91.4 cm³/mol. The van der Waals surface area contributed by atoms with Gasteiger partial charge in [-0.3, -0.25) is 9.69 Å². The van der Waals surface area contributed by atoms with Gasteiger partial charge in [-0.2, -0.15) is 0 Å². The van der Waals surface area contributed by atoms with E-state index in [9.17, 15) is 9.59 Å². The van der Waals surface area contributed by atoms with Crippen molar-refractivity contribution in [3.05, 3.63) is 0 Å². The van der Waals surface area contributed by atoms with Crippen LogP contribution < -0.4 is 0 Å². The first kappa shape index (κ1) is 21.7. The smallest absolute Gasteiger partial charge is 0.410 e. The zero-order valence-corrected chi connectivity index (χ0v) is 15.8. The van der Waals surface area contributed by atoms with Gasteiger partial charge in [-0.1, -0.05) is 20.3 Å². The lowest BCUT2D eigenvalue weighted by Gasteiger charge is -2.32. The summed E-state index contributed by atoms with van der Waals surface area (Å²) in [7, 11) is 3.11. The average molecular weight is 330 g/mol. The minimum Gasteiger partial charge on any atom is -0.468 e. The van der Waals surface area contributed by atoms with Crippen LogP contribution in [-0.4, -0.2) is 67.3 Å². The summed E-state index contributed by atoms with van der Waals surface area (Å²) in [4.78, 5) is 27.3. The van der Waals surface area contributed by atoms with Crippen LogP contribution in [0.2, 0.25) is 0 Å². The van der Waals surface area contributed by atoms with E-state index < -0.39 is 5.60 Å². The molecule has 0 aromatic rings. The molecule has 0 saturated heterocycles. The summed E-state index contributed by atoms with van der Waals surface area (Å²) in [5.74, 6) is -0.250. The molecule has 0 bridgehead atoms. The number of esters is 1. The Kier molecular flexibility index (Phi) is 9.88. The van der Waals surface area contributed by atoms with Crippen LogP contribution >= 0.6 is 0 Å². The molecule has 0 N–H and O–H groups in total. The minimum atomic E-state index is -0.509. The van der Waals surface area contributed by atoms with Gasteiger partial charge in [0.15, 0.2) is 0 Å². The quantitative estimate of drug-likeness (QED) is 0.608. The molecule has 6 heteroatoms. The predicted octanol–water partition coefficient (Wildman–Crippen LogP) is 2.91. The largest absolute Gasteiger partial charge is 0.468 e. The second-order valence-electron chi connectivity index (χ2n) is 6.80. The lowest BCUT2D eigenvalue weighted by molar-refractivity contribution is -0.142. The Morgan fingerprint density at radius 2 is 1.74 bits per heavy atom. The standard InChI is InChI=1S/C17H34N2O4/c1-8-10-14(9-2)19(13-15(20)22-7)12-11-18(6)16(21)23-17(3,4)5/h14H,8-13H2,1-7H3/t14-/m1/s1. The zero-order valence-electron chi connectivity index (χ0n) is 15.8. The van der Waals surface area contributed by atoms with Crippen molar-refractivity contribution in [2.24, 2.45) is 0 Å². The third-order valence-corrected chi connectivity index (χ3v) is 3.60. The zero-order chi connectivity index (χ0) is 18.0. The lowest BCUT2D eigenvalue weighted by atomic mass is 10.1. The molecule has 0 unspecified atom stereocenters. The number of ether oxygens (including phenoxy) is 2. The maximum atomic E-state index is 12.0. The van der Waals surface area contributed by atoms with Crippen molar-refractivity contribution in [2.75, 3.05) is 33.8 Å². The fraction of sp³-hybridized carbons (Fsp3) is 0.882. The van der Waals surface area contributed by atoms with Gasteiger partial charge < -0.3 is 14.4 Å². The molecule has 0 aliphatic carbocycles. The molecule has 1 amide bonds. The number of rotatable bonds is 9. The Bertz CT molecular complexity index is 366. The van der Waals surface area contributed by atoms with Crippen LogP contribution in [0.5, 0.6) is 0 Å². The number of likely N-dealkylation sites (N-methyl/N-ethyl adjacent to an activating group) is 1. The molecule has 136 valence electrons. The van der Waals surface area contributed by atoms with Gasteiger partial charge in [0.1, 0.15) is 5.60 Å². The van der Waals surface area contributed by atoms with Crippen LogP contribution in [0.4, 0.5) is 4.79 Å². The number of hydrogen-bond acceptors (Lipinski definition) is 5. The molecule has 0 aliphatic rings. The van der Waals surface area contributed by atoms with Gasteiger partial charge >= 0.3 is 12.1 Å². The number of methoxy groups -OCH3 is 1. The van der Waals surface area contributed by atoms with Crippen molar-refractivity contribution in [1.29, 1.82) is 0 Å². The van der Waals surface area contributed by atoms with Crippen molar-refractivity contribution in [2.45, 2.75) is 65.5 Å². The molecule has 0 fully saturated rings. The first-order chi connectivity index (χ1) is 10.6. The number of hydrogen-bond donors (Lipinski definition) is 0. The molecule has 23 heavy (non-hydrogen) atoms. The number of amides is 1. The highest BCUT2D eigenvalue weighted by atomic mass is 16.6. The molecular formula is C17H34N2O4. The molecular weight excluding hydrogens is 296 g/mol. The minimum absolute atomic E-state index is 0.247. The summed E-state index contributed by atoms with van der Waals surface area (Å²) in [5.41, 5.74) is -0.509. The van der Waals surface area contributed by atoms with Crippen LogP contribution in [0.3, 0.4) is 0 Å². The Labute approximate surface area is 141 Å². The monoisotopic (exact) mass is 330 g/mol. The summed E-state index contributed by atoms with van der Waals surface area (Å²) in [5, 5.41) is 0. The molecule has 0 aromatic carbocycles. The molecule has 0 heterocycles. The molecule has 0 radical (unpaired) electrons. The first-order valence-electron chi connectivity index (χ1n) is 8.39.